The number of carbonyl (C=O) groups is 1. The van der Waals surface area contributed by atoms with Gasteiger partial charge in [-0.3, -0.25) is 9.78 Å². The van der Waals surface area contributed by atoms with Crippen LogP contribution in [-0.4, -0.2) is 72.5 Å². The van der Waals surface area contributed by atoms with Crippen molar-refractivity contribution in [2.45, 2.75) is 0 Å². The fourth-order valence-electron chi connectivity index (χ4n) is 2.66. The first-order valence-corrected chi connectivity index (χ1v) is 7.53. The molecule has 1 aromatic heterocycles. The van der Waals surface area contributed by atoms with E-state index in [1.54, 1.807) is 0 Å². The summed E-state index contributed by atoms with van der Waals surface area (Å²) in [6.07, 6.45) is 1.82. The largest absolute Gasteiger partial charge is 0.352 e. The van der Waals surface area contributed by atoms with Crippen molar-refractivity contribution in [3.05, 3.63) is 30.5 Å². The van der Waals surface area contributed by atoms with Crippen LogP contribution < -0.4 is 4.90 Å². The molecular formula is C16H21N5O. The van der Waals surface area contributed by atoms with Gasteiger partial charge in [-0.15, -0.1) is 0 Å². The molecule has 22 heavy (non-hydrogen) atoms. The maximum Gasteiger partial charge on any atom is 0.236 e. The molecule has 0 unspecified atom stereocenters. The molecule has 0 atom stereocenters. The van der Waals surface area contributed by atoms with Gasteiger partial charge in [0.1, 0.15) is 5.82 Å². The minimum Gasteiger partial charge on any atom is -0.352 e. The molecule has 6 heteroatoms. The third-order valence-electron chi connectivity index (χ3n) is 3.84. The minimum absolute atomic E-state index is 0.189. The maximum atomic E-state index is 12.1. The number of nitrogens with zero attached hydrogens (tertiary/aromatic N) is 5. The predicted octanol–water partition coefficient (Wildman–Crippen LogP) is 0.840. The number of piperazine rings is 1. The van der Waals surface area contributed by atoms with Crippen LogP contribution in [0.3, 0.4) is 0 Å². The summed E-state index contributed by atoms with van der Waals surface area (Å²) < 4.78 is 0. The second-order valence-corrected chi connectivity index (χ2v) is 5.82. The van der Waals surface area contributed by atoms with E-state index in [2.05, 4.69) is 14.9 Å². The summed E-state index contributed by atoms with van der Waals surface area (Å²) in [6.45, 7) is 3.54. The monoisotopic (exact) mass is 299 g/mol. The lowest BCUT2D eigenvalue weighted by atomic mass is 10.3. The molecule has 116 valence electrons. The fraction of sp³-hybridized carbons (Fsp3) is 0.438. The standard InChI is InChI=1S/C16H21N5O/c1-19(2)12-16(22)21-9-7-20(8-10-21)15-11-17-13-5-3-4-6-14(13)18-15/h3-6,11H,7-10,12H2,1-2H3. The van der Waals surface area contributed by atoms with Gasteiger partial charge >= 0.3 is 0 Å². The van der Waals surface area contributed by atoms with Crippen molar-refractivity contribution < 1.29 is 4.79 Å². The first-order chi connectivity index (χ1) is 10.6. The smallest absolute Gasteiger partial charge is 0.236 e. The zero-order chi connectivity index (χ0) is 15.5. The van der Waals surface area contributed by atoms with E-state index in [-0.39, 0.29) is 5.91 Å². The number of benzene rings is 1. The second kappa shape index (κ2) is 6.27. The Morgan fingerprint density at radius 2 is 1.82 bits per heavy atom. The van der Waals surface area contributed by atoms with Crippen LogP contribution in [0.4, 0.5) is 5.82 Å². The molecule has 0 saturated carbocycles. The Balaban J connectivity index is 1.66. The van der Waals surface area contributed by atoms with Crippen LogP contribution in [0.5, 0.6) is 0 Å². The minimum atomic E-state index is 0.189. The van der Waals surface area contributed by atoms with Gasteiger partial charge < -0.3 is 14.7 Å². The molecule has 1 fully saturated rings. The number of hydrogen-bond donors (Lipinski definition) is 0. The van der Waals surface area contributed by atoms with Crippen molar-refractivity contribution in [3.63, 3.8) is 0 Å². The highest BCUT2D eigenvalue weighted by atomic mass is 16.2. The van der Waals surface area contributed by atoms with Crippen LogP contribution in [0.2, 0.25) is 0 Å². The maximum absolute atomic E-state index is 12.1. The second-order valence-electron chi connectivity index (χ2n) is 5.82. The van der Waals surface area contributed by atoms with Gasteiger partial charge in [0.2, 0.25) is 5.91 Å². The van der Waals surface area contributed by atoms with Gasteiger partial charge in [0.25, 0.3) is 0 Å². The Morgan fingerprint density at radius 3 is 2.50 bits per heavy atom. The van der Waals surface area contributed by atoms with Gasteiger partial charge in [-0.2, -0.15) is 0 Å². The highest BCUT2D eigenvalue weighted by Crippen LogP contribution is 2.16. The van der Waals surface area contributed by atoms with Crippen LogP contribution in [0.25, 0.3) is 11.0 Å². The van der Waals surface area contributed by atoms with Gasteiger partial charge in [-0.05, 0) is 26.2 Å². The number of aromatic nitrogens is 2. The van der Waals surface area contributed by atoms with Crippen LogP contribution >= 0.6 is 0 Å². The van der Waals surface area contributed by atoms with Gasteiger partial charge in [-0.1, -0.05) is 12.1 Å². The highest BCUT2D eigenvalue weighted by molar-refractivity contribution is 5.78. The lowest BCUT2D eigenvalue weighted by molar-refractivity contribution is -0.132. The number of likely N-dealkylation sites (N-methyl/N-ethyl adjacent to an activating group) is 1. The first-order valence-electron chi connectivity index (χ1n) is 7.53. The summed E-state index contributed by atoms with van der Waals surface area (Å²) in [7, 11) is 3.83. The van der Waals surface area contributed by atoms with Crippen molar-refractivity contribution in [2.24, 2.45) is 0 Å². The number of rotatable bonds is 3. The third kappa shape index (κ3) is 3.17. The molecule has 0 spiro atoms. The number of carbonyl (C=O) groups excluding carboxylic acids is 1. The molecule has 1 aliphatic rings. The van der Waals surface area contributed by atoms with Crippen molar-refractivity contribution in [3.8, 4) is 0 Å². The normalized spacial score (nSPS) is 15.6. The number of amides is 1. The van der Waals surface area contributed by atoms with Crippen molar-refractivity contribution >= 4 is 22.8 Å². The highest BCUT2D eigenvalue weighted by Gasteiger charge is 2.22. The summed E-state index contributed by atoms with van der Waals surface area (Å²) >= 11 is 0. The molecule has 3 rings (SSSR count). The predicted molar refractivity (Wildman–Crippen MR) is 86.9 cm³/mol. The van der Waals surface area contributed by atoms with Gasteiger partial charge in [0, 0.05) is 26.2 Å². The summed E-state index contributed by atoms with van der Waals surface area (Å²) in [4.78, 5) is 27.2. The Bertz CT molecular complexity index is 664. The average Bonchev–Trinajstić information content (AvgIpc) is 2.54. The lowest BCUT2D eigenvalue weighted by Gasteiger charge is -2.35. The van der Waals surface area contributed by atoms with E-state index in [0.29, 0.717) is 6.54 Å². The van der Waals surface area contributed by atoms with E-state index in [1.807, 2.05) is 54.4 Å². The van der Waals surface area contributed by atoms with Crippen LogP contribution in [0.1, 0.15) is 0 Å². The van der Waals surface area contributed by atoms with E-state index >= 15 is 0 Å². The molecule has 1 aliphatic heterocycles. The fourth-order valence-corrected chi connectivity index (χ4v) is 2.66. The van der Waals surface area contributed by atoms with Gasteiger partial charge in [-0.25, -0.2) is 4.98 Å². The summed E-state index contributed by atoms with van der Waals surface area (Å²) in [5, 5.41) is 0. The van der Waals surface area contributed by atoms with Gasteiger partial charge in [0.05, 0.1) is 23.8 Å². The quantitative estimate of drug-likeness (QED) is 0.840. The number of anilines is 1. The van der Waals surface area contributed by atoms with Crippen molar-refractivity contribution in [1.82, 2.24) is 19.8 Å². The summed E-state index contributed by atoms with van der Waals surface area (Å²) in [5.41, 5.74) is 1.82. The molecule has 0 N–H and O–H groups in total. The first kappa shape index (κ1) is 14.7. The molecule has 0 bridgehead atoms. The number of para-hydroxylation sites is 2. The number of hydrogen-bond acceptors (Lipinski definition) is 5. The Morgan fingerprint density at radius 1 is 1.14 bits per heavy atom. The van der Waals surface area contributed by atoms with E-state index in [4.69, 9.17) is 0 Å². The van der Waals surface area contributed by atoms with E-state index in [0.717, 1.165) is 43.0 Å². The molecule has 1 amide bonds. The average molecular weight is 299 g/mol. The Hall–Kier alpha value is -2.21. The molecular weight excluding hydrogens is 278 g/mol. The van der Waals surface area contributed by atoms with E-state index < -0.39 is 0 Å². The summed E-state index contributed by atoms with van der Waals surface area (Å²) in [5.74, 6) is 1.08. The van der Waals surface area contributed by atoms with E-state index in [1.165, 1.54) is 0 Å². The molecule has 6 nitrogen and oxygen atoms in total. The molecule has 2 aromatic rings. The molecule has 1 aromatic carbocycles. The molecule has 0 aliphatic carbocycles. The Labute approximate surface area is 130 Å². The summed E-state index contributed by atoms with van der Waals surface area (Å²) in [6, 6.07) is 7.87. The number of fused-ring (bicyclic) bond motifs is 1. The molecule has 0 radical (unpaired) electrons. The van der Waals surface area contributed by atoms with Crippen molar-refractivity contribution in [1.29, 1.82) is 0 Å². The van der Waals surface area contributed by atoms with Crippen LogP contribution in [-0.2, 0) is 4.79 Å². The van der Waals surface area contributed by atoms with Crippen LogP contribution in [0.15, 0.2) is 30.5 Å². The lowest BCUT2D eigenvalue weighted by Crippen LogP contribution is -2.51. The van der Waals surface area contributed by atoms with Crippen LogP contribution in [0, 0.1) is 0 Å². The SMILES string of the molecule is CN(C)CC(=O)N1CCN(c2cnc3ccccc3n2)CC1. The van der Waals surface area contributed by atoms with Gasteiger partial charge in [0.15, 0.2) is 0 Å². The van der Waals surface area contributed by atoms with E-state index in [9.17, 15) is 4.79 Å². The van der Waals surface area contributed by atoms with Crippen molar-refractivity contribution in [2.75, 3.05) is 51.7 Å². The zero-order valence-corrected chi connectivity index (χ0v) is 13.1. The third-order valence-corrected chi connectivity index (χ3v) is 3.84. The molecule has 2 heterocycles. The Kier molecular flexibility index (Phi) is 4.20. The molecule has 1 saturated heterocycles. The topological polar surface area (TPSA) is 52.6 Å². The zero-order valence-electron chi connectivity index (χ0n) is 13.1.